The van der Waals surface area contributed by atoms with Crippen LogP contribution in [0.5, 0.6) is 0 Å². The average molecular weight is 339 g/mol. The van der Waals surface area contributed by atoms with Gasteiger partial charge in [-0.3, -0.25) is 4.79 Å². The van der Waals surface area contributed by atoms with Crippen LogP contribution < -0.4 is 16.4 Å². The number of nitrogens with one attached hydrogen (secondary N) is 2. The second kappa shape index (κ2) is 6.72. The molecule has 24 heavy (non-hydrogen) atoms. The number of furan rings is 1. The minimum Gasteiger partial charge on any atom is -0.459 e. The SMILES string of the molecule is CC(NC(=S)Nc1ccc(C(N)=O)cc1)c1cc2ccccc2o1. The molecule has 0 aliphatic heterocycles. The molecule has 0 bridgehead atoms. The molecular formula is C18H17N3O2S. The summed E-state index contributed by atoms with van der Waals surface area (Å²) in [5.41, 5.74) is 7.29. The van der Waals surface area contributed by atoms with Gasteiger partial charge in [0.15, 0.2) is 5.11 Å². The largest absolute Gasteiger partial charge is 0.459 e. The topological polar surface area (TPSA) is 80.3 Å². The molecule has 5 nitrogen and oxygen atoms in total. The van der Waals surface area contributed by atoms with Crippen molar-refractivity contribution < 1.29 is 9.21 Å². The van der Waals surface area contributed by atoms with Crippen LogP contribution in [0.4, 0.5) is 5.69 Å². The van der Waals surface area contributed by atoms with Crippen molar-refractivity contribution in [3.8, 4) is 0 Å². The number of para-hydroxylation sites is 1. The maximum absolute atomic E-state index is 11.1. The van der Waals surface area contributed by atoms with E-state index in [-0.39, 0.29) is 6.04 Å². The van der Waals surface area contributed by atoms with E-state index in [1.54, 1.807) is 24.3 Å². The first-order valence-corrected chi connectivity index (χ1v) is 7.89. The molecule has 1 atom stereocenters. The molecule has 0 radical (unpaired) electrons. The van der Waals surface area contributed by atoms with Gasteiger partial charge in [-0.05, 0) is 55.5 Å². The van der Waals surface area contributed by atoms with Gasteiger partial charge in [-0.1, -0.05) is 18.2 Å². The first-order valence-electron chi connectivity index (χ1n) is 7.49. The third-order valence-electron chi connectivity index (χ3n) is 3.65. The molecule has 2 aromatic carbocycles. The summed E-state index contributed by atoms with van der Waals surface area (Å²) in [6.07, 6.45) is 0. The molecule has 3 aromatic rings. The fourth-order valence-corrected chi connectivity index (χ4v) is 2.66. The van der Waals surface area contributed by atoms with Crippen LogP contribution in [-0.4, -0.2) is 11.0 Å². The maximum Gasteiger partial charge on any atom is 0.248 e. The van der Waals surface area contributed by atoms with Gasteiger partial charge in [0.2, 0.25) is 5.91 Å². The van der Waals surface area contributed by atoms with Crippen molar-refractivity contribution in [3.63, 3.8) is 0 Å². The molecule has 1 aromatic heterocycles. The van der Waals surface area contributed by atoms with E-state index >= 15 is 0 Å². The van der Waals surface area contributed by atoms with Gasteiger partial charge < -0.3 is 20.8 Å². The van der Waals surface area contributed by atoms with Crippen LogP contribution in [-0.2, 0) is 0 Å². The lowest BCUT2D eigenvalue weighted by atomic mass is 10.2. The molecule has 1 heterocycles. The number of carbonyl (C=O) groups is 1. The summed E-state index contributed by atoms with van der Waals surface area (Å²) in [4.78, 5) is 11.1. The molecule has 3 rings (SSSR count). The Morgan fingerprint density at radius 2 is 1.88 bits per heavy atom. The molecule has 0 saturated carbocycles. The van der Waals surface area contributed by atoms with Crippen LogP contribution in [0, 0.1) is 0 Å². The maximum atomic E-state index is 11.1. The summed E-state index contributed by atoms with van der Waals surface area (Å²) < 4.78 is 5.82. The van der Waals surface area contributed by atoms with Gasteiger partial charge in [-0.15, -0.1) is 0 Å². The normalized spacial score (nSPS) is 11.9. The van der Waals surface area contributed by atoms with Gasteiger partial charge in [0.05, 0.1) is 6.04 Å². The van der Waals surface area contributed by atoms with Crippen molar-refractivity contribution in [2.75, 3.05) is 5.32 Å². The first-order chi connectivity index (χ1) is 11.5. The Bertz CT molecular complexity index is 854. The molecule has 0 saturated heterocycles. The van der Waals surface area contributed by atoms with Crippen molar-refractivity contribution in [2.24, 2.45) is 5.73 Å². The van der Waals surface area contributed by atoms with Crippen LogP contribution >= 0.6 is 12.2 Å². The standard InChI is InChI=1S/C18H17N3O2S/c1-11(16-10-13-4-2-3-5-15(13)23-16)20-18(24)21-14-8-6-12(7-9-14)17(19)22/h2-11H,1H3,(H2,19,22)(H2,20,21,24). The number of hydrogen-bond donors (Lipinski definition) is 3. The number of benzene rings is 2. The number of nitrogens with two attached hydrogens (primary N) is 1. The third-order valence-corrected chi connectivity index (χ3v) is 3.87. The Labute approximate surface area is 144 Å². The number of amides is 1. The Hall–Kier alpha value is -2.86. The van der Waals surface area contributed by atoms with E-state index in [1.165, 1.54) is 0 Å². The van der Waals surface area contributed by atoms with Crippen molar-refractivity contribution in [3.05, 3.63) is 65.9 Å². The number of rotatable bonds is 4. The molecule has 122 valence electrons. The monoisotopic (exact) mass is 339 g/mol. The lowest BCUT2D eigenvalue weighted by Gasteiger charge is -2.15. The number of anilines is 1. The minimum absolute atomic E-state index is 0.0812. The molecule has 4 N–H and O–H groups in total. The van der Waals surface area contributed by atoms with Gasteiger partial charge in [0, 0.05) is 16.6 Å². The zero-order valence-electron chi connectivity index (χ0n) is 13.1. The van der Waals surface area contributed by atoms with Crippen molar-refractivity contribution in [2.45, 2.75) is 13.0 Å². The molecular weight excluding hydrogens is 322 g/mol. The van der Waals surface area contributed by atoms with Crippen LogP contribution in [0.15, 0.2) is 59.0 Å². The molecule has 0 aliphatic carbocycles. The van der Waals surface area contributed by atoms with E-state index in [9.17, 15) is 4.79 Å². The highest BCUT2D eigenvalue weighted by molar-refractivity contribution is 7.80. The highest BCUT2D eigenvalue weighted by Gasteiger charge is 2.12. The van der Waals surface area contributed by atoms with Crippen molar-refractivity contribution >= 4 is 39.9 Å². The molecule has 0 aliphatic rings. The summed E-state index contributed by atoms with van der Waals surface area (Å²) in [5, 5.41) is 7.77. The summed E-state index contributed by atoms with van der Waals surface area (Å²) in [7, 11) is 0. The molecule has 1 amide bonds. The van der Waals surface area contributed by atoms with Crippen LogP contribution in [0.1, 0.15) is 29.1 Å². The molecule has 0 spiro atoms. The zero-order valence-corrected chi connectivity index (χ0v) is 13.9. The highest BCUT2D eigenvalue weighted by Crippen LogP contribution is 2.23. The number of carbonyl (C=O) groups excluding carboxylic acids is 1. The Balaban J connectivity index is 1.64. The van der Waals surface area contributed by atoms with E-state index in [0.717, 1.165) is 22.4 Å². The number of hydrogen-bond acceptors (Lipinski definition) is 3. The van der Waals surface area contributed by atoms with E-state index < -0.39 is 5.91 Å². The summed E-state index contributed by atoms with van der Waals surface area (Å²) in [6, 6.07) is 16.6. The first kappa shape index (κ1) is 16.0. The predicted octanol–water partition coefficient (Wildman–Crippen LogP) is 3.58. The van der Waals surface area contributed by atoms with E-state index in [4.69, 9.17) is 22.4 Å². The van der Waals surface area contributed by atoms with Crippen LogP contribution in [0.25, 0.3) is 11.0 Å². The minimum atomic E-state index is -0.458. The van der Waals surface area contributed by atoms with Gasteiger partial charge in [-0.2, -0.15) is 0 Å². The smallest absolute Gasteiger partial charge is 0.248 e. The fraction of sp³-hybridized carbons (Fsp3) is 0.111. The second-order valence-electron chi connectivity index (χ2n) is 5.45. The summed E-state index contributed by atoms with van der Waals surface area (Å²) in [6.45, 7) is 1.97. The van der Waals surface area contributed by atoms with Crippen LogP contribution in [0.3, 0.4) is 0 Å². The van der Waals surface area contributed by atoms with Crippen molar-refractivity contribution in [1.82, 2.24) is 5.32 Å². The van der Waals surface area contributed by atoms with Gasteiger partial charge in [-0.25, -0.2) is 0 Å². The number of fused-ring (bicyclic) bond motifs is 1. The number of thiocarbonyl (C=S) groups is 1. The lowest BCUT2D eigenvalue weighted by molar-refractivity contribution is 0.100. The Morgan fingerprint density at radius 3 is 2.54 bits per heavy atom. The molecule has 1 unspecified atom stereocenters. The van der Waals surface area contributed by atoms with E-state index in [1.807, 2.05) is 37.3 Å². The zero-order chi connectivity index (χ0) is 17.1. The molecule has 0 fully saturated rings. The third kappa shape index (κ3) is 3.55. The van der Waals surface area contributed by atoms with Crippen LogP contribution in [0.2, 0.25) is 0 Å². The Morgan fingerprint density at radius 1 is 1.17 bits per heavy atom. The summed E-state index contributed by atoms with van der Waals surface area (Å²) in [5.74, 6) is 0.352. The average Bonchev–Trinajstić information content (AvgIpc) is 2.99. The summed E-state index contributed by atoms with van der Waals surface area (Å²) >= 11 is 5.32. The molecule has 6 heteroatoms. The van der Waals surface area contributed by atoms with Gasteiger partial charge in [0.25, 0.3) is 0 Å². The Kier molecular flexibility index (Phi) is 4.48. The lowest BCUT2D eigenvalue weighted by Crippen LogP contribution is -2.30. The van der Waals surface area contributed by atoms with Gasteiger partial charge in [0.1, 0.15) is 11.3 Å². The number of primary amides is 1. The fourth-order valence-electron chi connectivity index (χ4n) is 2.37. The van der Waals surface area contributed by atoms with Gasteiger partial charge >= 0.3 is 0 Å². The van der Waals surface area contributed by atoms with E-state index in [0.29, 0.717) is 10.7 Å². The second-order valence-corrected chi connectivity index (χ2v) is 5.86. The van der Waals surface area contributed by atoms with Crippen molar-refractivity contribution in [1.29, 1.82) is 0 Å². The highest BCUT2D eigenvalue weighted by atomic mass is 32.1. The van der Waals surface area contributed by atoms with E-state index in [2.05, 4.69) is 10.6 Å². The quantitative estimate of drug-likeness (QED) is 0.633. The predicted molar refractivity (Wildman–Crippen MR) is 98.9 cm³/mol.